The van der Waals surface area contributed by atoms with Gasteiger partial charge in [0, 0.05) is 25.2 Å². The number of nitrogens with zero attached hydrogens (tertiary/aromatic N) is 2. The predicted octanol–water partition coefficient (Wildman–Crippen LogP) is 4.72. The summed E-state index contributed by atoms with van der Waals surface area (Å²) in [6.45, 7) is 5.49. The van der Waals surface area contributed by atoms with Crippen molar-refractivity contribution in [3.05, 3.63) is 65.2 Å². The third kappa shape index (κ3) is 6.97. The van der Waals surface area contributed by atoms with E-state index in [4.69, 9.17) is 4.74 Å². The molecule has 11 heteroatoms. The molecule has 0 aliphatic carbocycles. The minimum Gasteiger partial charge on any atom is -0.465 e. The number of hydrogen-bond acceptors (Lipinski definition) is 6. The molecule has 2 aromatic carbocycles. The van der Waals surface area contributed by atoms with Crippen molar-refractivity contribution in [3.63, 3.8) is 0 Å². The number of benzene rings is 2. The summed E-state index contributed by atoms with van der Waals surface area (Å²) in [6, 6.07) is 8.21. The number of nitrogens with one attached hydrogen (secondary N) is 1. The first-order chi connectivity index (χ1) is 17.9. The normalized spacial score (nSPS) is 15.0. The highest BCUT2D eigenvalue weighted by Crippen LogP contribution is 2.30. The van der Waals surface area contributed by atoms with E-state index >= 15 is 0 Å². The van der Waals surface area contributed by atoms with Crippen LogP contribution in [0.15, 0.2) is 42.5 Å². The highest BCUT2D eigenvalue weighted by Gasteiger charge is 2.36. The standard InChI is InChI=1S/C27H33F2N3O6/c1-27(2,3)38-26(36)31-12-10-18(11-13-31)32(23(16-33)17-8-6-5-7-9-17)25(35)30-22-14-19(24(34)37-4)20(28)15-21(22)29/h5-9,14-15,18,23,33H,10-13,16H2,1-4H3,(H,30,35)/t23-/m0/s1. The van der Waals surface area contributed by atoms with Gasteiger partial charge >= 0.3 is 18.1 Å². The number of urea groups is 1. The maximum absolute atomic E-state index is 14.6. The zero-order valence-electron chi connectivity index (χ0n) is 21.9. The lowest BCUT2D eigenvalue weighted by Crippen LogP contribution is -2.52. The number of rotatable bonds is 6. The molecule has 0 unspecified atom stereocenters. The number of methoxy groups -OCH3 is 1. The largest absolute Gasteiger partial charge is 0.465 e. The maximum Gasteiger partial charge on any atom is 0.410 e. The third-order valence-corrected chi connectivity index (χ3v) is 6.14. The summed E-state index contributed by atoms with van der Waals surface area (Å²) in [5.41, 5.74) is -0.965. The van der Waals surface area contributed by atoms with Gasteiger partial charge in [-0.3, -0.25) is 0 Å². The van der Waals surface area contributed by atoms with Crippen LogP contribution in [0.4, 0.5) is 24.1 Å². The minimum atomic E-state index is -1.13. The SMILES string of the molecule is COC(=O)c1cc(NC(=O)N(C2CCN(C(=O)OC(C)(C)C)CC2)[C@@H](CO)c2ccccc2)c(F)cc1F. The molecule has 1 aliphatic heterocycles. The van der Waals surface area contributed by atoms with Crippen LogP contribution in [0.1, 0.15) is 55.6 Å². The van der Waals surface area contributed by atoms with E-state index in [0.29, 0.717) is 37.6 Å². The van der Waals surface area contributed by atoms with E-state index in [9.17, 15) is 28.3 Å². The van der Waals surface area contributed by atoms with E-state index in [0.717, 1.165) is 13.2 Å². The van der Waals surface area contributed by atoms with Crippen LogP contribution < -0.4 is 5.32 Å². The van der Waals surface area contributed by atoms with E-state index in [1.807, 2.05) is 0 Å². The van der Waals surface area contributed by atoms with Gasteiger partial charge in [-0.25, -0.2) is 23.2 Å². The number of ether oxygens (including phenoxy) is 2. The number of esters is 1. The molecule has 38 heavy (non-hydrogen) atoms. The van der Waals surface area contributed by atoms with Crippen LogP contribution in [0.3, 0.4) is 0 Å². The van der Waals surface area contributed by atoms with Gasteiger partial charge < -0.3 is 29.7 Å². The topological polar surface area (TPSA) is 108 Å². The average molecular weight is 534 g/mol. The molecule has 1 heterocycles. The Bertz CT molecular complexity index is 1150. The molecule has 1 aliphatic rings. The predicted molar refractivity (Wildman–Crippen MR) is 136 cm³/mol. The summed E-state index contributed by atoms with van der Waals surface area (Å²) in [6.07, 6.45) is 0.280. The van der Waals surface area contributed by atoms with Crippen LogP contribution >= 0.6 is 0 Å². The van der Waals surface area contributed by atoms with Gasteiger partial charge in [-0.05, 0) is 45.2 Å². The number of likely N-dealkylation sites (tertiary alicyclic amines) is 1. The highest BCUT2D eigenvalue weighted by atomic mass is 19.1. The van der Waals surface area contributed by atoms with Crippen LogP contribution in [0.5, 0.6) is 0 Å². The fraction of sp³-hybridized carbons (Fsp3) is 0.444. The van der Waals surface area contributed by atoms with Crippen molar-refractivity contribution in [1.29, 1.82) is 0 Å². The summed E-state index contributed by atoms with van der Waals surface area (Å²) >= 11 is 0. The fourth-order valence-electron chi connectivity index (χ4n) is 4.34. The zero-order chi connectivity index (χ0) is 28.0. The lowest BCUT2D eigenvalue weighted by atomic mass is 9.98. The van der Waals surface area contributed by atoms with Crippen LogP contribution in [-0.2, 0) is 9.47 Å². The minimum absolute atomic E-state index is 0.299. The van der Waals surface area contributed by atoms with Crippen molar-refractivity contribution in [3.8, 4) is 0 Å². The Morgan fingerprint density at radius 2 is 1.74 bits per heavy atom. The quantitative estimate of drug-likeness (QED) is 0.521. The number of amides is 3. The highest BCUT2D eigenvalue weighted by molar-refractivity contribution is 5.94. The molecule has 1 saturated heterocycles. The molecule has 0 aromatic heterocycles. The first-order valence-corrected chi connectivity index (χ1v) is 12.3. The Hall–Kier alpha value is -3.73. The number of halogens is 2. The van der Waals surface area contributed by atoms with Gasteiger partial charge in [-0.2, -0.15) is 0 Å². The molecular formula is C27H33F2N3O6. The first-order valence-electron chi connectivity index (χ1n) is 12.3. The summed E-state index contributed by atoms with van der Waals surface area (Å²) < 4.78 is 38.7. The fourth-order valence-corrected chi connectivity index (χ4v) is 4.34. The average Bonchev–Trinajstić information content (AvgIpc) is 2.87. The van der Waals surface area contributed by atoms with Crippen molar-refractivity contribution in [2.24, 2.45) is 0 Å². The van der Waals surface area contributed by atoms with E-state index in [1.54, 1.807) is 56.0 Å². The van der Waals surface area contributed by atoms with Gasteiger partial charge in [0.15, 0.2) is 0 Å². The second-order valence-corrected chi connectivity index (χ2v) is 9.95. The van der Waals surface area contributed by atoms with Gasteiger partial charge in [0.25, 0.3) is 0 Å². The molecule has 3 rings (SSSR count). The lowest BCUT2D eigenvalue weighted by Gasteiger charge is -2.42. The molecule has 0 saturated carbocycles. The number of anilines is 1. The van der Waals surface area contributed by atoms with Crippen molar-refractivity contribution < 1.29 is 37.7 Å². The number of carbonyl (C=O) groups is 3. The van der Waals surface area contributed by atoms with Crippen LogP contribution in [0, 0.1) is 11.6 Å². The molecule has 3 amide bonds. The summed E-state index contributed by atoms with van der Waals surface area (Å²) in [5.74, 6) is -3.23. The smallest absolute Gasteiger partial charge is 0.410 e. The second-order valence-electron chi connectivity index (χ2n) is 9.95. The van der Waals surface area contributed by atoms with E-state index in [2.05, 4.69) is 10.1 Å². The molecular weight excluding hydrogens is 500 g/mol. The first kappa shape index (κ1) is 28.8. The molecule has 206 valence electrons. The van der Waals surface area contributed by atoms with E-state index in [1.165, 1.54) is 4.90 Å². The van der Waals surface area contributed by atoms with Crippen LogP contribution in [0.2, 0.25) is 0 Å². The lowest BCUT2D eigenvalue weighted by molar-refractivity contribution is 0.0130. The Balaban J connectivity index is 1.89. The Morgan fingerprint density at radius 3 is 2.29 bits per heavy atom. The van der Waals surface area contributed by atoms with Gasteiger partial charge in [0.2, 0.25) is 0 Å². The molecule has 2 N–H and O–H groups in total. The molecule has 1 atom stereocenters. The van der Waals surface area contributed by atoms with Crippen LogP contribution in [-0.4, -0.2) is 71.4 Å². The third-order valence-electron chi connectivity index (χ3n) is 6.14. The van der Waals surface area contributed by atoms with Crippen molar-refractivity contribution in [2.45, 2.75) is 51.3 Å². The summed E-state index contributed by atoms with van der Waals surface area (Å²) in [7, 11) is 1.06. The molecule has 1 fully saturated rings. The van der Waals surface area contributed by atoms with Gasteiger partial charge in [0.1, 0.15) is 17.2 Å². The Kier molecular flexibility index (Phi) is 9.26. The molecule has 0 radical (unpaired) electrons. The number of aliphatic hydroxyl groups is 1. The summed E-state index contributed by atoms with van der Waals surface area (Å²) in [5, 5.41) is 12.7. The Labute approximate surface area is 220 Å². The maximum atomic E-state index is 14.6. The molecule has 0 spiro atoms. The van der Waals surface area contributed by atoms with Gasteiger partial charge in [0.05, 0.1) is 31.0 Å². The number of piperidine rings is 1. The molecule has 2 aromatic rings. The number of carbonyl (C=O) groups excluding carboxylic acids is 3. The van der Waals surface area contributed by atoms with Crippen molar-refractivity contribution in [2.75, 3.05) is 32.1 Å². The van der Waals surface area contributed by atoms with Gasteiger partial charge in [-0.15, -0.1) is 0 Å². The van der Waals surface area contributed by atoms with Crippen molar-refractivity contribution in [1.82, 2.24) is 9.80 Å². The van der Waals surface area contributed by atoms with Crippen LogP contribution in [0.25, 0.3) is 0 Å². The monoisotopic (exact) mass is 533 g/mol. The van der Waals surface area contributed by atoms with E-state index < -0.39 is 65.3 Å². The molecule has 9 nitrogen and oxygen atoms in total. The summed E-state index contributed by atoms with van der Waals surface area (Å²) in [4.78, 5) is 41.0. The van der Waals surface area contributed by atoms with Gasteiger partial charge in [-0.1, -0.05) is 30.3 Å². The second kappa shape index (κ2) is 12.2. The number of aliphatic hydroxyl groups excluding tert-OH is 1. The van der Waals surface area contributed by atoms with E-state index in [-0.39, 0.29) is 0 Å². The zero-order valence-corrected chi connectivity index (χ0v) is 21.9. The molecule has 0 bridgehead atoms. The number of hydrogen-bond donors (Lipinski definition) is 2. The van der Waals surface area contributed by atoms with Crippen molar-refractivity contribution >= 4 is 23.8 Å². The Morgan fingerprint density at radius 1 is 1.11 bits per heavy atom.